The van der Waals surface area contributed by atoms with Gasteiger partial charge in [0.2, 0.25) is 0 Å². The highest BCUT2D eigenvalue weighted by Gasteiger charge is 2.11. The van der Waals surface area contributed by atoms with Gasteiger partial charge in [0, 0.05) is 16.3 Å². The Morgan fingerprint density at radius 1 is 1.15 bits per heavy atom. The molecule has 4 N–H and O–H groups in total. The number of anilines is 1. The van der Waals surface area contributed by atoms with Gasteiger partial charge in [-0.25, -0.2) is 4.98 Å². The van der Waals surface area contributed by atoms with Gasteiger partial charge in [-0.05, 0) is 30.3 Å². The maximum absolute atomic E-state index is 9.85. The molecule has 100 valence electrons. The van der Waals surface area contributed by atoms with Gasteiger partial charge in [0.1, 0.15) is 5.75 Å². The zero-order valence-corrected chi connectivity index (χ0v) is 11.1. The number of H-pyrrole nitrogens is 1. The SMILES string of the molecule is Nc1ccc(O)c(-c2nc(-c3cccc(Cl)c3)n[nH]2)c1. The predicted octanol–water partition coefficient (Wildman–Crippen LogP) is 3.08. The number of nitrogens with two attached hydrogens (primary N) is 1. The van der Waals surface area contributed by atoms with E-state index in [1.807, 2.05) is 12.1 Å². The number of aromatic amines is 1. The first-order valence-electron chi connectivity index (χ1n) is 5.91. The van der Waals surface area contributed by atoms with Gasteiger partial charge < -0.3 is 10.8 Å². The number of aromatic hydroxyl groups is 1. The number of phenolic OH excluding ortho intramolecular Hbond substituents is 1. The van der Waals surface area contributed by atoms with Crippen molar-refractivity contribution >= 4 is 17.3 Å². The zero-order chi connectivity index (χ0) is 14.1. The fourth-order valence-corrected chi connectivity index (χ4v) is 2.07. The monoisotopic (exact) mass is 286 g/mol. The third-order valence-electron chi connectivity index (χ3n) is 2.84. The van der Waals surface area contributed by atoms with Crippen molar-refractivity contribution in [2.24, 2.45) is 0 Å². The van der Waals surface area contributed by atoms with Crippen molar-refractivity contribution in [2.45, 2.75) is 0 Å². The van der Waals surface area contributed by atoms with Crippen molar-refractivity contribution < 1.29 is 5.11 Å². The molecule has 2 aromatic carbocycles. The standard InChI is InChI=1S/C14H11ClN4O/c15-9-3-1-2-8(6-9)13-17-14(19-18-13)11-7-10(16)4-5-12(11)20/h1-7,20H,16H2,(H,17,18,19). The molecular formula is C14H11ClN4O. The van der Waals surface area contributed by atoms with E-state index in [2.05, 4.69) is 15.2 Å². The smallest absolute Gasteiger partial charge is 0.181 e. The van der Waals surface area contributed by atoms with Crippen LogP contribution in [0.3, 0.4) is 0 Å². The van der Waals surface area contributed by atoms with E-state index in [-0.39, 0.29) is 5.75 Å². The van der Waals surface area contributed by atoms with Crippen molar-refractivity contribution in [3.05, 3.63) is 47.5 Å². The Hall–Kier alpha value is -2.53. The summed E-state index contributed by atoms with van der Waals surface area (Å²) in [6, 6.07) is 12.0. The van der Waals surface area contributed by atoms with E-state index in [4.69, 9.17) is 17.3 Å². The van der Waals surface area contributed by atoms with Crippen LogP contribution in [0, 0.1) is 0 Å². The molecule has 0 aliphatic rings. The van der Waals surface area contributed by atoms with E-state index in [1.54, 1.807) is 24.3 Å². The minimum Gasteiger partial charge on any atom is -0.507 e. The number of phenols is 1. The highest BCUT2D eigenvalue weighted by Crippen LogP contribution is 2.29. The summed E-state index contributed by atoms with van der Waals surface area (Å²) >= 11 is 5.94. The van der Waals surface area contributed by atoms with Gasteiger partial charge in [-0.2, -0.15) is 5.10 Å². The molecule has 5 nitrogen and oxygen atoms in total. The van der Waals surface area contributed by atoms with Crippen LogP contribution in [0.15, 0.2) is 42.5 Å². The molecule has 0 spiro atoms. The highest BCUT2D eigenvalue weighted by molar-refractivity contribution is 6.30. The maximum atomic E-state index is 9.85. The molecule has 1 heterocycles. The van der Waals surface area contributed by atoms with Gasteiger partial charge in [0.25, 0.3) is 0 Å². The normalized spacial score (nSPS) is 10.7. The molecule has 0 unspecified atom stereocenters. The molecule has 6 heteroatoms. The molecular weight excluding hydrogens is 276 g/mol. The molecule has 0 bridgehead atoms. The molecule has 0 aliphatic carbocycles. The molecule has 0 aliphatic heterocycles. The third kappa shape index (κ3) is 2.31. The van der Waals surface area contributed by atoms with Crippen LogP contribution in [0.25, 0.3) is 22.8 Å². The van der Waals surface area contributed by atoms with E-state index >= 15 is 0 Å². The topological polar surface area (TPSA) is 87.8 Å². The van der Waals surface area contributed by atoms with Crippen LogP contribution >= 0.6 is 11.6 Å². The average molecular weight is 287 g/mol. The van der Waals surface area contributed by atoms with Crippen LogP contribution in [-0.4, -0.2) is 20.3 Å². The Kier molecular flexibility index (Phi) is 3.04. The van der Waals surface area contributed by atoms with Crippen molar-refractivity contribution in [1.82, 2.24) is 15.2 Å². The summed E-state index contributed by atoms with van der Waals surface area (Å²) in [5.74, 6) is 1.04. The van der Waals surface area contributed by atoms with Crippen LogP contribution in [0.1, 0.15) is 0 Å². The fourth-order valence-electron chi connectivity index (χ4n) is 1.88. The Morgan fingerprint density at radius 3 is 2.80 bits per heavy atom. The lowest BCUT2D eigenvalue weighted by Gasteiger charge is -2.01. The van der Waals surface area contributed by atoms with Gasteiger partial charge >= 0.3 is 0 Å². The Bertz CT molecular complexity index is 769. The van der Waals surface area contributed by atoms with Crippen LogP contribution in [0.5, 0.6) is 5.75 Å². The summed E-state index contributed by atoms with van der Waals surface area (Å²) in [5, 5.41) is 17.4. The highest BCUT2D eigenvalue weighted by atomic mass is 35.5. The van der Waals surface area contributed by atoms with Gasteiger partial charge in [0.15, 0.2) is 11.6 Å². The summed E-state index contributed by atoms with van der Waals surface area (Å²) in [6.07, 6.45) is 0. The lowest BCUT2D eigenvalue weighted by atomic mass is 10.1. The number of hydrogen-bond donors (Lipinski definition) is 3. The quantitative estimate of drug-likeness (QED) is 0.499. The molecule has 0 radical (unpaired) electrons. The van der Waals surface area contributed by atoms with Crippen molar-refractivity contribution in [1.29, 1.82) is 0 Å². The number of benzene rings is 2. The van der Waals surface area contributed by atoms with Gasteiger partial charge in [-0.3, -0.25) is 5.10 Å². The summed E-state index contributed by atoms with van der Waals surface area (Å²) in [5.41, 5.74) is 7.55. The largest absolute Gasteiger partial charge is 0.507 e. The number of nitrogen functional groups attached to an aromatic ring is 1. The summed E-state index contributed by atoms with van der Waals surface area (Å²) in [6.45, 7) is 0. The molecule has 0 saturated heterocycles. The predicted molar refractivity (Wildman–Crippen MR) is 78.3 cm³/mol. The molecule has 0 amide bonds. The average Bonchev–Trinajstić information content (AvgIpc) is 2.91. The number of halogens is 1. The van der Waals surface area contributed by atoms with E-state index in [1.165, 1.54) is 6.07 Å². The van der Waals surface area contributed by atoms with E-state index in [9.17, 15) is 5.11 Å². The number of rotatable bonds is 2. The summed E-state index contributed by atoms with van der Waals surface area (Å²) in [4.78, 5) is 4.35. The van der Waals surface area contributed by atoms with Crippen LogP contribution in [0.2, 0.25) is 5.02 Å². The molecule has 3 rings (SSSR count). The maximum Gasteiger partial charge on any atom is 0.181 e. The molecule has 3 aromatic rings. The third-order valence-corrected chi connectivity index (χ3v) is 3.08. The van der Waals surface area contributed by atoms with Gasteiger partial charge in [-0.15, -0.1) is 0 Å². The van der Waals surface area contributed by atoms with Crippen LogP contribution in [-0.2, 0) is 0 Å². The van der Waals surface area contributed by atoms with E-state index in [0.29, 0.717) is 27.9 Å². The number of nitrogens with zero attached hydrogens (tertiary/aromatic N) is 2. The van der Waals surface area contributed by atoms with Crippen molar-refractivity contribution in [2.75, 3.05) is 5.73 Å². The van der Waals surface area contributed by atoms with Crippen molar-refractivity contribution in [3.8, 4) is 28.5 Å². The van der Waals surface area contributed by atoms with Crippen molar-refractivity contribution in [3.63, 3.8) is 0 Å². The van der Waals surface area contributed by atoms with Gasteiger partial charge in [0.05, 0.1) is 5.56 Å². The number of nitrogens with one attached hydrogen (secondary N) is 1. The minimum absolute atomic E-state index is 0.0907. The van der Waals surface area contributed by atoms with Gasteiger partial charge in [-0.1, -0.05) is 23.7 Å². The lowest BCUT2D eigenvalue weighted by Crippen LogP contribution is -1.87. The summed E-state index contributed by atoms with van der Waals surface area (Å²) in [7, 11) is 0. The number of hydrogen-bond acceptors (Lipinski definition) is 4. The first kappa shape index (κ1) is 12.5. The van der Waals surface area contributed by atoms with Crippen LogP contribution < -0.4 is 5.73 Å². The summed E-state index contributed by atoms with van der Waals surface area (Å²) < 4.78 is 0. The second kappa shape index (κ2) is 4.86. The molecule has 0 saturated carbocycles. The first-order valence-corrected chi connectivity index (χ1v) is 6.28. The fraction of sp³-hybridized carbons (Fsp3) is 0. The first-order chi connectivity index (χ1) is 9.63. The van der Waals surface area contributed by atoms with E-state index in [0.717, 1.165) is 5.56 Å². The zero-order valence-electron chi connectivity index (χ0n) is 10.3. The second-order valence-electron chi connectivity index (χ2n) is 4.29. The Morgan fingerprint density at radius 2 is 2.00 bits per heavy atom. The molecule has 0 fully saturated rings. The van der Waals surface area contributed by atoms with E-state index < -0.39 is 0 Å². The molecule has 1 aromatic heterocycles. The minimum atomic E-state index is 0.0907. The Balaban J connectivity index is 2.04. The molecule has 0 atom stereocenters. The van der Waals surface area contributed by atoms with Crippen LogP contribution in [0.4, 0.5) is 5.69 Å². The lowest BCUT2D eigenvalue weighted by molar-refractivity contribution is 0.477. The molecule has 20 heavy (non-hydrogen) atoms. The number of aromatic nitrogens is 3. The second-order valence-corrected chi connectivity index (χ2v) is 4.73. The Labute approximate surface area is 120 Å².